The van der Waals surface area contributed by atoms with E-state index in [1.165, 1.54) is 17.0 Å². The van der Waals surface area contributed by atoms with E-state index >= 15 is 0 Å². The van der Waals surface area contributed by atoms with Crippen molar-refractivity contribution in [3.8, 4) is 23.0 Å². The van der Waals surface area contributed by atoms with Gasteiger partial charge in [0, 0.05) is 33.3 Å². The van der Waals surface area contributed by atoms with Crippen molar-refractivity contribution in [3.05, 3.63) is 70.4 Å². The molecule has 0 atom stereocenters. The molecule has 1 aliphatic heterocycles. The molecule has 2 aliphatic rings. The summed E-state index contributed by atoms with van der Waals surface area (Å²) in [4.78, 5) is 29.2. The molecule has 0 saturated carbocycles. The molecule has 1 aliphatic carbocycles. The summed E-state index contributed by atoms with van der Waals surface area (Å²) in [6.45, 7) is 0.299. The Morgan fingerprint density at radius 1 is 1.10 bits per heavy atom. The topological polar surface area (TPSA) is 93.9 Å². The van der Waals surface area contributed by atoms with Gasteiger partial charge in [-0.05, 0) is 42.0 Å². The Labute approximate surface area is 178 Å². The standard InChI is InChI=1S/C23H21N3O5/c1-24-19-10-14(4-9-20(19)31-23(28)26(2)3)13-29-16-6-8-18-22(12-16)30-21-11-15(27)5-7-17(21)25-18/h4-12,24H,13H2,1-3H3. The molecule has 8 heteroatoms. The third-order valence-electron chi connectivity index (χ3n) is 4.60. The molecule has 0 bridgehead atoms. The molecule has 31 heavy (non-hydrogen) atoms. The predicted molar refractivity (Wildman–Crippen MR) is 117 cm³/mol. The molecule has 0 aromatic heterocycles. The molecule has 2 aromatic rings. The van der Waals surface area contributed by atoms with E-state index < -0.39 is 6.09 Å². The third kappa shape index (κ3) is 4.42. The molecule has 1 amide bonds. The van der Waals surface area contributed by atoms with Crippen molar-refractivity contribution in [1.82, 2.24) is 9.88 Å². The monoisotopic (exact) mass is 419 g/mol. The van der Waals surface area contributed by atoms with Crippen molar-refractivity contribution in [2.45, 2.75) is 6.61 Å². The fraction of sp³-hybridized carbons (Fsp3) is 0.174. The van der Waals surface area contributed by atoms with Crippen molar-refractivity contribution in [2.24, 2.45) is 0 Å². The van der Waals surface area contributed by atoms with Crippen molar-refractivity contribution >= 4 is 22.9 Å². The van der Waals surface area contributed by atoms with Gasteiger partial charge >= 0.3 is 6.09 Å². The summed E-state index contributed by atoms with van der Waals surface area (Å²) < 4.78 is 17.1. The number of rotatable bonds is 5. The number of hydrogen-bond donors (Lipinski definition) is 1. The first-order valence-electron chi connectivity index (χ1n) is 9.60. The van der Waals surface area contributed by atoms with Crippen LogP contribution >= 0.6 is 0 Å². The van der Waals surface area contributed by atoms with Crippen LogP contribution in [-0.2, 0) is 6.61 Å². The average Bonchev–Trinajstić information content (AvgIpc) is 2.76. The SMILES string of the molecule is CNc1cc(COc2ccc3nc4ccc(=O)cc-4oc3c2)ccc1OC(=O)N(C)C. The number of carbonyl (C=O) groups excluding carboxylic acids is 1. The van der Waals surface area contributed by atoms with E-state index in [-0.39, 0.29) is 5.43 Å². The van der Waals surface area contributed by atoms with Gasteiger partial charge in [-0.15, -0.1) is 0 Å². The summed E-state index contributed by atoms with van der Waals surface area (Å²) in [6, 6.07) is 15.3. The van der Waals surface area contributed by atoms with Crippen molar-refractivity contribution in [2.75, 3.05) is 26.5 Å². The first kappa shape index (κ1) is 20.2. The van der Waals surface area contributed by atoms with E-state index in [0.29, 0.717) is 46.3 Å². The zero-order chi connectivity index (χ0) is 22.0. The van der Waals surface area contributed by atoms with Crippen LogP contribution in [0.1, 0.15) is 5.56 Å². The highest BCUT2D eigenvalue weighted by molar-refractivity contribution is 5.77. The van der Waals surface area contributed by atoms with Gasteiger partial charge in [0.1, 0.15) is 23.6 Å². The molecular formula is C23H21N3O5. The minimum atomic E-state index is -0.453. The first-order chi connectivity index (χ1) is 14.9. The highest BCUT2D eigenvalue weighted by atomic mass is 16.6. The number of carbonyl (C=O) groups is 1. The lowest BCUT2D eigenvalue weighted by molar-refractivity contribution is 0.172. The van der Waals surface area contributed by atoms with Gasteiger partial charge < -0.3 is 24.1 Å². The number of anilines is 1. The number of fused-ring (bicyclic) bond motifs is 2. The molecule has 8 nitrogen and oxygen atoms in total. The van der Waals surface area contributed by atoms with Gasteiger partial charge in [-0.1, -0.05) is 6.07 Å². The lowest BCUT2D eigenvalue weighted by Gasteiger charge is -2.15. The normalized spacial score (nSPS) is 10.8. The van der Waals surface area contributed by atoms with Crippen LogP contribution in [-0.4, -0.2) is 37.1 Å². The smallest absolute Gasteiger partial charge is 0.414 e. The van der Waals surface area contributed by atoms with E-state index in [1.807, 2.05) is 24.3 Å². The summed E-state index contributed by atoms with van der Waals surface area (Å²) in [5.41, 5.74) is 3.24. The van der Waals surface area contributed by atoms with Gasteiger partial charge in [-0.3, -0.25) is 4.79 Å². The largest absolute Gasteiger partial charge is 0.489 e. The molecule has 0 fully saturated rings. The van der Waals surface area contributed by atoms with Crippen molar-refractivity contribution in [3.63, 3.8) is 0 Å². The molecule has 2 aromatic carbocycles. The summed E-state index contributed by atoms with van der Waals surface area (Å²) in [6.07, 6.45) is -0.453. The van der Waals surface area contributed by atoms with E-state index in [0.717, 1.165) is 5.56 Å². The van der Waals surface area contributed by atoms with E-state index in [2.05, 4.69) is 10.3 Å². The maximum absolute atomic E-state index is 11.8. The number of ether oxygens (including phenoxy) is 2. The number of benzene rings is 3. The van der Waals surface area contributed by atoms with Crippen LogP contribution in [0.15, 0.2) is 63.8 Å². The second-order valence-corrected chi connectivity index (χ2v) is 7.10. The third-order valence-corrected chi connectivity index (χ3v) is 4.60. The van der Waals surface area contributed by atoms with E-state index in [9.17, 15) is 9.59 Å². The quantitative estimate of drug-likeness (QED) is 0.489. The van der Waals surface area contributed by atoms with Gasteiger partial charge in [0.05, 0.1) is 5.69 Å². The molecule has 0 unspecified atom stereocenters. The minimum Gasteiger partial charge on any atom is -0.489 e. The number of hydrogen-bond acceptors (Lipinski definition) is 7. The number of nitrogens with zero attached hydrogens (tertiary/aromatic N) is 2. The molecule has 1 N–H and O–H groups in total. The van der Waals surface area contributed by atoms with Crippen molar-refractivity contribution < 1.29 is 18.7 Å². The zero-order valence-electron chi connectivity index (χ0n) is 17.3. The Bertz CT molecular complexity index is 1280. The van der Waals surface area contributed by atoms with Crippen LogP contribution in [0, 0.1) is 0 Å². The maximum Gasteiger partial charge on any atom is 0.414 e. The molecule has 0 spiro atoms. The molecule has 4 rings (SSSR count). The minimum absolute atomic E-state index is 0.134. The molecule has 158 valence electrons. The van der Waals surface area contributed by atoms with Crippen LogP contribution in [0.3, 0.4) is 0 Å². The Morgan fingerprint density at radius 3 is 2.71 bits per heavy atom. The fourth-order valence-corrected chi connectivity index (χ4v) is 2.98. The van der Waals surface area contributed by atoms with Gasteiger partial charge in [0.2, 0.25) is 0 Å². The molecule has 0 radical (unpaired) electrons. The highest BCUT2D eigenvalue weighted by Crippen LogP contribution is 2.29. The fourth-order valence-electron chi connectivity index (χ4n) is 2.98. The first-order valence-corrected chi connectivity index (χ1v) is 9.60. The molecule has 1 heterocycles. The summed E-state index contributed by atoms with van der Waals surface area (Å²) in [5.74, 6) is 1.47. The van der Waals surface area contributed by atoms with Gasteiger partial charge in [-0.2, -0.15) is 0 Å². The summed E-state index contributed by atoms with van der Waals surface area (Å²) in [5, 5.41) is 3.02. The van der Waals surface area contributed by atoms with Crippen LogP contribution in [0.5, 0.6) is 11.5 Å². The van der Waals surface area contributed by atoms with Gasteiger partial charge in [-0.25, -0.2) is 9.78 Å². The Kier molecular flexibility index (Phi) is 5.44. The lowest BCUT2D eigenvalue weighted by atomic mass is 10.2. The van der Waals surface area contributed by atoms with Crippen LogP contribution in [0.25, 0.3) is 22.6 Å². The number of aromatic nitrogens is 1. The van der Waals surface area contributed by atoms with Gasteiger partial charge in [0.25, 0.3) is 0 Å². The maximum atomic E-state index is 11.8. The second kappa shape index (κ2) is 8.35. The summed E-state index contributed by atoms with van der Waals surface area (Å²) in [7, 11) is 5.00. The summed E-state index contributed by atoms with van der Waals surface area (Å²) >= 11 is 0. The molecular weight excluding hydrogens is 398 g/mol. The molecule has 0 saturated heterocycles. The van der Waals surface area contributed by atoms with Gasteiger partial charge in [0.15, 0.2) is 22.5 Å². The predicted octanol–water partition coefficient (Wildman–Crippen LogP) is 3.97. The van der Waals surface area contributed by atoms with Crippen LogP contribution in [0.2, 0.25) is 0 Å². The van der Waals surface area contributed by atoms with Crippen LogP contribution in [0.4, 0.5) is 10.5 Å². The zero-order valence-corrected chi connectivity index (χ0v) is 17.3. The Hall–Kier alpha value is -4.07. The lowest BCUT2D eigenvalue weighted by Crippen LogP contribution is -2.25. The number of amides is 1. The average molecular weight is 419 g/mol. The van der Waals surface area contributed by atoms with E-state index in [1.54, 1.807) is 39.3 Å². The second-order valence-electron chi connectivity index (χ2n) is 7.10. The van der Waals surface area contributed by atoms with E-state index in [4.69, 9.17) is 13.9 Å². The number of nitrogens with one attached hydrogen (secondary N) is 1. The van der Waals surface area contributed by atoms with Crippen LogP contribution < -0.4 is 20.2 Å². The Morgan fingerprint density at radius 2 is 1.94 bits per heavy atom. The van der Waals surface area contributed by atoms with Crippen molar-refractivity contribution in [1.29, 1.82) is 0 Å². The highest BCUT2D eigenvalue weighted by Gasteiger charge is 2.12. The Balaban J connectivity index is 1.53.